The van der Waals surface area contributed by atoms with E-state index in [2.05, 4.69) is 15.3 Å². The molecule has 2 heterocycles. The lowest BCUT2D eigenvalue weighted by atomic mass is 10.1. The van der Waals surface area contributed by atoms with Gasteiger partial charge in [-0.1, -0.05) is 42.5 Å². The van der Waals surface area contributed by atoms with Crippen molar-refractivity contribution in [3.05, 3.63) is 112 Å². The van der Waals surface area contributed by atoms with Crippen LogP contribution in [0.1, 0.15) is 11.1 Å². The number of H-pyrrole nitrogens is 1. The maximum absolute atomic E-state index is 12.5. The summed E-state index contributed by atoms with van der Waals surface area (Å²) in [6, 6.07) is 25.7. The van der Waals surface area contributed by atoms with Gasteiger partial charge in [-0.05, 0) is 53.4 Å². The molecule has 6 nitrogen and oxygen atoms in total. The summed E-state index contributed by atoms with van der Waals surface area (Å²) in [6.07, 6.45) is 1.71. The fourth-order valence-electron chi connectivity index (χ4n) is 3.35. The van der Waals surface area contributed by atoms with Crippen molar-refractivity contribution in [3.8, 4) is 11.5 Å². The molecule has 0 fully saturated rings. The zero-order valence-electron chi connectivity index (χ0n) is 16.3. The number of benzene rings is 3. The van der Waals surface area contributed by atoms with E-state index in [0.29, 0.717) is 28.4 Å². The van der Waals surface area contributed by atoms with Gasteiger partial charge in [-0.3, -0.25) is 9.59 Å². The first-order chi connectivity index (χ1) is 15.1. The van der Waals surface area contributed by atoms with Crippen LogP contribution < -0.4 is 15.6 Å². The Balaban J connectivity index is 1.44. The Morgan fingerprint density at radius 1 is 0.806 bits per heavy atom. The summed E-state index contributed by atoms with van der Waals surface area (Å²) < 4.78 is 5.86. The van der Waals surface area contributed by atoms with Crippen molar-refractivity contribution in [2.45, 2.75) is 0 Å². The van der Waals surface area contributed by atoms with E-state index in [0.717, 1.165) is 16.7 Å². The van der Waals surface area contributed by atoms with E-state index >= 15 is 0 Å². The van der Waals surface area contributed by atoms with E-state index in [-0.39, 0.29) is 11.5 Å². The summed E-state index contributed by atoms with van der Waals surface area (Å²) in [5, 5.41) is 3.70. The Labute approximate surface area is 177 Å². The minimum absolute atomic E-state index is 0.180. The molecule has 0 saturated heterocycles. The zero-order valence-corrected chi connectivity index (χ0v) is 16.3. The number of aliphatic imine (C=N–C) groups is 1. The predicted octanol–water partition coefficient (Wildman–Crippen LogP) is 4.24. The molecule has 150 valence electrons. The number of carbonyl (C=O) groups is 1. The Bertz CT molecular complexity index is 1420. The molecule has 5 rings (SSSR count). The summed E-state index contributed by atoms with van der Waals surface area (Å²) in [6.45, 7) is 0. The topological polar surface area (TPSA) is 83.5 Å². The number of hydrogen-bond donors (Lipinski definition) is 2. The third-order valence-electron chi connectivity index (χ3n) is 4.84. The molecule has 0 saturated carbocycles. The van der Waals surface area contributed by atoms with Crippen LogP contribution in [0.25, 0.3) is 17.0 Å². The van der Waals surface area contributed by atoms with Gasteiger partial charge in [-0.25, -0.2) is 4.99 Å². The lowest BCUT2D eigenvalue weighted by Crippen LogP contribution is -2.24. The first kappa shape index (κ1) is 18.6. The molecule has 6 heteroatoms. The smallest absolute Gasteiger partial charge is 0.275 e. The van der Waals surface area contributed by atoms with Gasteiger partial charge in [-0.15, -0.1) is 0 Å². The summed E-state index contributed by atoms with van der Waals surface area (Å²) in [5.41, 5.74) is 2.32. The second-order valence-electron chi connectivity index (χ2n) is 7.06. The van der Waals surface area contributed by atoms with Gasteiger partial charge in [0.2, 0.25) is 5.56 Å². The van der Waals surface area contributed by atoms with Crippen LogP contribution in [0.3, 0.4) is 0 Å². The second kappa shape index (κ2) is 7.76. The van der Waals surface area contributed by atoms with Gasteiger partial charge >= 0.3 is 0 Å². The highest BCUT2D eigenvalue weighted by molar-refractivity contribution is 6.20. The van der Waals surface area contributed by atoms with Crippen LogP contribution in [-0.2, 0) is 4.79 Å². The minimum Gasteiger partial charge on any atom is -0.457 e. The maximum Gasteiger partial charge on any atom is 0.275 e. The van der Waals surface area contributed by atoms with Crippen LogP contribution in [0, 0.1) is 0 Å². The van der Waals surface area contributed by atoms with E-state index in [1.807, 2.05) is 66.7 Å². The summed E-state index contributed by atoms with van der Waals surface area (Å²) in [5.74, 6) is 1.56. The van der Waals surface area contributed by atoms with Crippen molar-refractivity contribution in [3.63, 3.8) is 0 Å². The van der Waals surface area contributed by atoms with Crippen molar-refractivity contribution in [1.82, 2.24) is 10.3 Å². The number of nitrogens with one attached hydrogen (secondary N) is 2. The van der Waals surface area contributed by atoms with Crippen LogP contribution in [0.2, 0.25) is 0 Å². The fraction of sp³-hybridized carbons (Fsp3) is 0. The molecule has 31 heavy (non-hydrogen) atoms. The summed E-state index contributed by atoms with van der Waals surface area (Å²) in [4.78, 5) is 31.3. The van der Waals surface area contributed by atoms with Crippen LogP contribution in [0.5, 0.6) is 11.5 Å². The highest BCUT2D eigenvalue weighted by Crippen LogP contribution is 2.24. The largest absolute Gasteiger partial charge is 0.457 e. The molecule has 0 bridgehead atoms. The molecule has 0 unspecified atom stereocenters. The van der Waals surface area contributed by atoms with Crippen molar-refractivity contribution in [2.75, 3.05) is 0 Å². The molecule has 3 aromatic carbocycles. The van der Waals surface area contributed by atoms with Gasteiger partial charge in [0.25, 0.3) is 5.91 Å². The highest BCUT2D eigenvalue weighted by atomic mass is 16.5. The quantitative estimate of drug-likeness (QED) is 0.497. The molecule has 0 spiro atoms. The third-order valence-corrected chi connectivity index (χ3v) is 4.84. The molecule has 0 aliphatic carbocycles. The molecule has 2 N–H and O–H groups in total. The number of pyridine rings is 1. The van der Waals surface area contributed by atoms with Crippen LogP contribution in [-0.4, -0.2) is 16.7 Å². The number of ether oxygens (including phenoxy) is 1. The number of amidine groups is 1. The standard InChI is InChI=1S/C25H17N3O3/c29-23-12-11-17-9-10-18(15-21(17)26-23)24-27-22(25(30)28-24)14-16-5-4-8-20(13-16)31-19-6-2-1-3-7-19/h1-15H,(H,26,29)(H,27,28,30)/b22-14-. The molecule has 0 radical (unpaired) electrons. The number of amides is 1. The molecule has 1 aliphatic rings. The fourth-order valence-corrected chi connectivity index (χ4v) is 3.35. The van der Waals surface area contributed by atoms with Gasteiger partial charge in [0.1, 0.15) is 23.0 Å². The van der Waals surface area contributed by atoms with E-state index in [1.54, 1.807) is 18.2 Å². The van der Waals surface area contributed by atoms with Gasteiger partial charge in [0.15, 0.2) is 0 Å². The maximum atomic E-state index is 12.5. The van der Waals surface area contributed by atoms with Crippen LogP contribution in [0.15, 0.2) is 100 Å². The predicted molar refractivity (Wildman–Crippen MR) is 120 cm³/mol. The first-order valence-corrected chi connectivity index (χ1v) is 9.72. The number of aromatic nitrogens is 1. The number of aromatic amines is 1. The van der Waals surface area contributed by atoms with Crippen molar-refractivity contribution in [2.24, 2.45) is 4.99 Å². The molecule has 4 aromatic rings. The first-order valence-electron chi connectivity index (χ1n) is 9.72. The zero-order chi connectivity index (χ0) is 21.2. The highest BCUT2D eigenvalue weighted by Gasteiger charge is 2.21. The molecule has 1 aromatic heterocycles. The van der Waals surface area contributed by atoms with E-state index in [4.69, 9.17) is 4.74 Å². The summed E-state index contributed by atoms with van der Waals surface area (Å²) >= 11 is 0. The second-order valence-corrected chi connectivity index (χ2v) is 7.06. The SMILES string of the molecule is O=C1NC(c2ccc3ccc(=O)[nH]c3c2)=N/C1=C\c1cccc(Oc2ccccc2)c1. The molecular formula is C25H17N3O3. The molecule has 0 atom stereocenters. The molecular weight excluding hydrogens is 390 g/mol. The number of nitrogens with zero attached hydrogens (tertiary/aromatic N) is 1. The number of fused-ring (bicyclic) bond motifs is 1. The van der Waals surface area contributed by atoms with Gasteiger partial charge in [0.05, 0.1) is 0 Å². The number of rotatable bonds is 4. The van der Waals surface area contributed by atoms with E-state index in [1.165, 1.54) is 6.07 Å². The molecule has 1 aliphatic heterocycles. The van der Waals surface area contributed by atoms with Crippen molar-refractivity contribution in [1.29, 1.82) is 0 Å². The number of para-hydroxylation sites is 1. The molecule has 1 amide bonds. The van der Waals surface area contributed by atoms with Crippen LogP contribution >= 0.6 is 0 Å². The third kappa shape index (κ3) is 4.00. The van der Waals surface area contributed by atoms with E-state index < -0.39 is 0 Å². The summed E-state index contributed by atoms with van der Waals surface area (Å²) in [7, 11) is 0. The Kier molecular flexibility index (Phi) is 4.65. The Morgan fingerprint density at radius 2 is 1.61 bits per heavy atom. The lowest BCUT2D eigenvalue weighted by Gasteiger charge is -2.06. The van der Waals surface area contributed by atoms with E-state index in [9.17, 15) is 9.59 Å². The monoisotopic (exact) mass is 407 g/mol. The van der Waals surface area contributed by atoms with Crippen LogP contribution in [0.4, 0.5) is 0 Å². The van der Waals surface area contributed by atoms with Crippen molar-refractivity contribution >= 4 is 28.7 Å². The average Bonchev–Trinajstić information content (AvgIpc) is 3.14. The van der Waals surface area contributed by atoms with Gasteiger partial charge in [0, 0.05) is 17.1 Å². The van der Waals surface area contributed by atoms with Gasteiger partial charge < -0.3 is 15.0 Å². The Morgan fingerprint density at radius 3 is 2.48 bits per heavy atom. The minimum atomic E-state index is -0.286. The number of hydrogen-bond acceptors (Lipinski definition) is 4. The Hall–Kier alpha value is -4.45. The van der Waals surface area contributed by atoms with Gasteiger partial charge in [-0.2, -0.15) is 0 Å². The normalized spacial score (nSPS) is 14.5. The number of carbonyl (C=O) groups excluding carboxylic acids is 1. The van der Waals surface area contributed by atoms with Crippen molar-refractivity contribution < 1.29 is 9.53 Å². The average molecular weight is 407 g/mol. The lowest BCUT2D eigenvalue weighted by molar-refractivity contribution is -0.115.